The number of ether oxygens (including phenoxy) is 8. The van der Waals surface area contributed by atoms with Crippen LogP contribution in [-0.2, 0) is 37.9 Å². The van der Waals surface area contributed by atoms with Crippen molar-refractivity contribution in [1.82, 2.24) is 0 Å². The maximum Gasteiger partial charge on any atom is 0.338 e. The number of carbonyl (C=O) groups excluding carboxylic acids is 2. The summed E-state index contributed by atoms with van der Waals surface area (Å²) in [6.45, 7) is 11.4. The van der Waals surface area contributed by atoms with Crippen molar-refractivity contribution >= 4 is 23.3 Å². The predicted molar refractivity (Wildman–Crippen MR) is 159 cm³/mol. The molecule has 0 spiro atoms. The molecule has 1 fully saturated rings. The lowest BCUT2D eigenvalue weighted by Gasteiger charge is -2.09. The molecule has 0 atom stereocenters. The molecule has 3 rings (SSSR count). The lowest BCUT2D eigenvalue weighted by molar-refractivity contribution is -0.0334. The van der Waals surface area contributed by atoms with Gasteiger partial charge in [0.1, 0.15) is 0 Å². The van der Waals surface area contributed by atoms with E-state index in [1.54, 1.807) is 62.4 Å². The van der Waals surface area contributed by atoms with Crippen LogP contribution in [-0.4, -0.2) is 104 Å². The van der Waals surface area contributed by atoms with Crippen LogP contribution in [0, 0.1) is 0 Å². The predicted octanol–water partition coefficient (Wildman–Crippen LogP) is 2.99. The van der Waals surface area contributed by atoms with Gasteiger partial charge in [-0.1, -0.05) is 0 Å². The van der Waals surface area contributed by atoms with Crippen molar-refractivity contribution < 1.29 is 47.5 Å². The minimum atomic E-state index is -0.308. The van der Waals surface area contributed by atoms with E-state index in [1.807, 2.05) is 0 Å². The maximum absolute atomic E-state index is 11.1. The van der Waals surface area contributed by atoms with Crippen LogP contribution >= 0.6 is 0 Å². The minimum absolute atomic E-state index is 0.308. The van der Waals surface area contributed by atoms with Crippen LogP contribution in [0.5, 0.6) is 0 Å². The molecule has 12 heteroatoms. The van der Waals surface area contributed by atoms with Crippen molar-refractivity contribution in [3.63, 3.8) is 0 Å². The molecule has 1 aliphatic heterocycles. The van der Waals surface area contributed by atoms with Crippen LogP contribution in [0.25, 0.3) is 0 Å². The van der Waals surface area contributed by atoms with Crippen molar-refractivity contribution in [2.24, 2.45) is 0 Å². The number of carbonyl (C=O) groups is 2. The Morgan fingerprint density at radius 3 is 0.905 bits per heavy atom. The van der Waals surface area contributed by atoms with Gasteiger partial charge in [-0.25, -0.2) is 9.59 Å². The third kappa shape index (κ3) is 19.8. The van der Waals surface area contributed by atoms with Crippen LogP contribution in [0.4, 0.5) is 11.4 Å². The lowest BCUT2D eigenvalue weighted by Crippen LogP contribution is -2.16. The van der Waals surface area contributed by atoms with Crippen molar-refractivity contribution in [1.29, 1.82) is 0 Å². The highest BCUT2D eigenvalue weighted by molar-refractivity contribution is 5.90. The van der Waals surface area contributed by atoms with Gasteiger partial charge in [-0.3, -0.25) is 0 Å². The van der Waals surface area contributed by atoms with Gasteiger partial charge in [-0.05, 0) is 62.4 Å². The average Bonchev–Trinajstić information content (AvgIpc) is 2.99. The molecule has 1 heterocycles. The molecule has 0 aromatic heterocycles. The third-order valence-corrected chi connectivity index (χ3v) is 5.08. The molecule has 0 amide bonds. The number of esters is 2. The number of nitrogen functional groups attached to an aromatic ring is 2. The van der Waals surface area contributed by atoms with E-state index in [1.165, 1.54) is 0 Å². The maximum atomic E-state index is 11.1. The summed E-state index contributed by atoms with van der Waals surface area (Å²) in [7, 11) is 0. The highest BCUT2D eigenvalue weighted by atomic mass is 16.6. The van der Waals surface area contributed by atoms with Crippen LogP contribution in [0.2, 0.25) is 0 Å². The Labute approximate surface area is 248 Å². The van der Waals surface area contributed by atoms with Crippen molar-refractivity contribution in [3.8, 4) is 0 Å². The fourth-order valence-corrected chi connectivity index (χ4v) is 2.99. The molecule has 236 valence electrons. The Hall–Kier alpha value is -3.26. The fourth-order valence-electron chi connectivity index (χ4n) is 2.99. The standard InChI is InChI=1S/C12H24O6.2C9H11NO2/c1-2-14-5-6-16-9-10-18-12-11-17-8-7-15-4-3-13-1;2*1-2-12-9(11)7-3-5-8(10)6-4-7/h1-12H2;2*3-6H,2,10H2,1H3. The Kier molecular flexibility index (Phi) is 22.3. The summed E-state index contributed by atoms with van der Waals surface area (Å²) in [5.41, 5.74) is 13.2. The van der Waals surface area contributed by atoms with E-state index in [-0.39, 0.29) is 11.9 Å². The van der Waals surface area contributed by atoms with Gasteiger partial charge in [-0.15, -0.1) is 0 Å². The minimum Gasteiger partial charge on any atom is -0.462 e. The van der Waals surface area contributed by atoms with Gasteiger partial charge in [-0.2, -0.15) is 0 Å². The second-order valence-corrected chi connectivity index (χ2v) is 8.36. The molecule has 1 aliphatic rings. The molecule has 0 saturated carbocycles. The molecule has 1 saturated heterocycles. The third-order valence-electron chi connectivity index (χ3n) is 5.08. The van der Waals surface area contributed by atoms with Crippen LogP contribution in [0.1, 0.15) is 34.6 Å². The van der Waals surface area contributed by atoms with Gasteiger partial charge < -0.3 is 49.4 Å². The van der Waals surface area contributed by atoms with Gasteiger partial charge in [0.25, 0.3) is 0 Å². The largest absolute Gasteiger partial charge is 0.462 e. The molecule has 0 bridgehead atoms. The highest BCUT2D eigenvalue weighted by Crippen LogP contribution is 2.07. The summed E-state index contributed by atoms with van der Waals surface area (Å²) in [6.07, 6.45) is 0. The number of benzene rings is 2. The fraction of sp³-hybridized carbons (Fsp3) is 0.533. The van der Waals surface area contributed by atoms with Crippen molar-refractivity contribution in [3.05, 3.63) is 59.7 Å². The molecule has 0 radical (unpaired) electrons. The Morgan fingerprint density at radius 1 is 0.500 bits per heavy atom. The molecular weight excluding hydrogens is 548 g/mol. The Morgan fingerprint density at radius 2 is 0.714 bits per heavy atom. The van der Waals surface area contributed by atoms with Gasteiger partial charge >= 0.3 is 11.9 Å². The molecule has 0 aliphatic carbocycles. The second kappa shape index (κ2) is 25.5. The second-order valence-electron chi connectivity index (χ2n) is 8.36. The smallest absolute Gasteiger partial charge is 0.338 e. The van der Waals surface area contributed by atoms with E-state index >= 15 is 0 Å². The van der Waals surface area contributed by atoms with Gasteiger partial charge in [0, 0.05) is 11.4 Å². The summed E-state index contributed by atoms with van der Waals surface area (Å²) >= 11 is 0. The zero-order chi connectivity index (χ0) is 30.7. The summed E-state index contributed by atoms with van der Waals surface area (Å²) in [4.78, 5) is 22.2. The van der Waals surface area contributed by atoms with Crippen molar-refractivity contribution in [2.75, 3.05) is 104 Å². The quantitative estimate of drug-likeness (QED) is 0.394. The summed E-state index contributed by atoms with van der Waals surface area (Å²) in [5.74, 6) is -0.616. The number of anilines is 2. The van der Waals surface area contributed by atoms with Gasteiger partial charge in [0.15, 0.2) is 0 Å². The van der Waals surface area contributed by atoms with Crippen LogP contribution in [0.15, 0.2) is 48.5 Å². The summed E-state index contributed by atoms with van der Waals surface area (Å²) < 4.78 is 41.5. The van der Waals surface area contributed by atoms with E-state index in [0.29, 0.717) is 115 Å². The number of hydrogen-bond acceptors (Lipinski definition) is 12. The summed E-state index contributed by atoms with van der Waals surface area (Å²) in [5, 5.41) is 0. The number of rotatable bonds is 4. The topological polar surface area (TPSA) is 160 Å². The Balaban J connectivity index is 0.000000325. The Bertz CT molecular complexity index is 808. The number of nitrogens with two attached hydrogens (primary N) is 2. The van der Waals surface area contributed by atoms with Gasteiger partial charge in [0.05, 0.1) is 104 Å². The number of hydrogen-bond donors (Lipinski definition) is 2. The first-order valence-corrected chi connectivity index (χ1v) is 14.0. The molecule has 4 N–H and O–H groups in total. The monoisotopic (exact) mass is 594 g/mol. The zero-order valence-electron chi connectivity index (χ0n) is 24.8. The molecule has 0 unspecified atom stereocenters. The van der Waals surface area contributed by atoms with E-state index in [9.17, 15) is 9.59 Å². The first kappa shape index (κ1) is 36.8. The van der Waals surface area contributed by atoms with E-state index in [4.69, 9.17) is 49.4 Å². The molecule has 12 nitrogen and oxygen atoms in total. The summed E-state index contributed by atoms with van der Waals surface area (Å²) in [6, 6.07) is 13.3. The first-order chi connectivity index (χ1) is 20.5. The molecular formula is C30H46N2O10. The molecule has 2 aromatic rings. The van der Waals surface area contributed by atoms with E-state index < -0.39 is 0 Å². The first-order valence-electron chi connectivity index (χ1n) is 14.0. The lowest BCUT2D eigenvalue weighted by atomic mass is 10.2. The van der Waals surface area contributed by atoms with Crippen molar-refractivity contribution in [2.45, 2.75) is 13.8 Å². The van der Waals surface area contributed by atoms with E-state index in [0.717, 1.165) is 0 Å². The normalized spacial score (nSPS) is 15.7. The molecule has 2 aromatic carbocycles. The van der Waals surface area contributed by atoms with Crippen LogP contribution in [0.3, 0.4) is 0 Å². The average molecular weight is 595 g/mol. The van der Waals surface area contributed by atoms with E-state index in [2.05, 4.69) is 0 Å². The highest BCUT2D eigenvalue weighted by Gasteiger charge is 2.05. The zero-order valence-corrected chi connectivity index (χ0v) is 24.8. The molecule has 42 heavy (non-hydrogen) atoms. The SMILES string of the molecule is C1COCCOCCOCCOCCOCCO1.CCOC(=O)c1ccc(N)cc1.CCOC(=O)c1ccc(N)cc1. The van der Waals surface area contributed by atoms with Crippen LogP contribution < -0.4 is 11.5 Å². The van der Waals surface area contributed by atoms with Gasteiger partial charge in [0.2, 0.25) is 0 Å².